The molecular formula is C15H19FIN5S. The Hall–Kier alpha value is -1.42. The van der Waals surface area contributed by atoms with E-state index in [1.54, 1.807) is 17.4 Å². The molecule has 0 saturated carbocycles. The third kappa shape index (κ3) is 4.77. The van der Waals surface area contributed by atoms with Gasteiger partial charge in [0.15, 0.2) is 11.1 Å². The molecule has 0 aliphatic carbocycles. The maximum atomic E-state index is 13.1. The molecule has 5 nitrogen and oxygen atoms in total. The predicted molar refractivity (Wildman–Crippen MR) is 103 cm³/mol. The van der Waals surface area contributed by atoms with Crippen molar-refractivity contribution in [1.82, 2.24) is 9.88 Å². The van der Waals surface area contributed by atoms with Gasteiger partial charge >= 0.3 is 0 Å². The average Bonchev–Trinajstić information content (AvgIpc) is 3.07. The van der Waals surface area contributed by atoms with Gasteiger partial charge in [0, 0.05) is 37.8 Å². The number of thiazole rings is 1. The molecule has 2 N–H and O–H groups in total. The van der Waals surface area contributed by atoms with E-state index < -0.39 is 0 Å². The monoisotopic (exact) mass is 447 g/mol. The highest BCUT2D eigenvalue weighted by Gasteiger charge is 2.19. The van der Waals surface area contributed by atoms with Gasteiger partial charge < -0.3 is 15.5 Å². The molecule has 2 heterocycles. The number of anilines is 1. The van der Waals surface area contributed by atoms with Crippen LogP contribution in [0.3, 0.4) is 0 Å². The van der Waals surface area contributed by atoms with E-state index in [1.165, 1.54) is 12.1 Å². The first-order valence-electron chi connectivity index (χ1n) is 7.16. The maximum Gasteiger partial charge on any atom is 0.191 e. The highest BCUT2D eigenvalue weighted by Crippen LogP contribution is 2.18. The third-order valence-corrected chi connectivity index (χ3v) is 4.44. The Kier molecular flexibility index (Phi) is 6.58. The van der Waals surface area contributed by atoms with E-state index >= 15 is 0 Å². The molecule has 0 bridgehead atoms. The van der Waals surface area contributed by atoms with Crippen LogP contribution >= 0.6 is 35.3 Å². The van der Waals surface area contributed by atoms with Crippen molar-refractivity contribution in [3.05, 3.63) is 47.2 Å². The second-order valence-corrected chi connectivity index (χ2v) is 5.97. The lowest BCUT2D eigenvalue weighted by molar-refractivity contribution is 0.380. The summed E-state index contributed by atoms with van der Waals surface area (Å²) in [6.45, 7) is 3.79. The number of hydrogen-bond acceptors (Lipinski definition) is 4. The molecular weight excluding hydrogens is 428 g/mol. The van der Waals surface area contributed by atoms with Gasteiger partial charge in [-0.2, -0.15) is 0 Å². The number of aromatic nitrogens is 1. The summed E-state index contributed by atoms with van der Waals surface area (Å²) in [7, 11) is 0. The molecule has 3 rings (SSSR count). The van der Waals surface area contributed by atoms with Crippen LogP contribution in [0.4, 0.5) is 9.52 Å². The minimum absolute atomic E-state index is 0. The summed E-state index contributed by atoms with van der Waals surface area (Å²) in [5.74, 6) is 0.270. The molecule has 1 aliphatic rings. The summed E-state index contributed by atoms with van der Waals surface area (Å²) in [4.78, 5) is 13.0. The van der Waals surface area contributed by atoms with E-state index in [0.29, 0.717) is 12.5 Å². The van der Waals surface area contributed by atoms with Gasteiger partial charge in [0.05, 0.1) is 6.54 Å². The van der Waals surface area contributed by atoms with Crippen molar-refractivity contribution in [1.29, 1.82) is 0 Å². The van der Waals surface area contributed by atoms with E-state index in [2.05, 4.69) is 19.8 Å². The average molecular weight is 447 g/mol. The standard InChI is InChI=1S/C15H18FN5S.HI/c16-13-3-1-2-12(10-13)11-19-14(17)20-5-7-21(8-6-20)15-18-4-9-22-15;/h1-4,9-10H,5-8,11H2,(H2,17,19);1H. The quantitative estimate of drug-likeness (QED) is 0.447. The number of benzene rings is 1. The molecule has 23 heavy (non-hydrogen) atoms. The SMILES string of the molecule is I.NC(=NCc1cccc(F)c1)N1CCN(c2nccs2)CC1. The highest BCUT2D eigenvalue weighted by molar-refractivity contribution is 14.0. The molecule has 1 aliphatic heterocycles. The van der Waals surface area contributed by atoms with Crippen molar-refractivity contribution >= 4 is 46.4 Å². The second-order valence-electron chi connectivity index (χ2n) is 5.09. The summed E-state index contributed by atoms with van der Waals surface area (Å²) in [6, 6.07) is 6.44. The summed E-state index contributed by atoms with van der Waals surface area (Å²) >= 11 is 1.65. The molecule has 8 heteroatoms. The third-order valence-electron chi connectivity index (χ3n) is 3.61. The molecule has 0 amide bonds. The zero-order chi connectivity index (χ0) is 15.4. The van der Waals surface area contributed by atoms with Crippen molar-refractivity contribution < 1.29 is 4.39 Å². The number of halogens is 2. The van der Waals surface area contributed by atoms with Crippen molar-refractivity contribution in [2.75, 3.05) is 31.1 Å². The van der Waals surface area contributed by atoms with Crippen LogP contribution in [-0.2, 0) is 6.54 Å². The van der Waals surface area contributed by atoms with Crippen LogP contribution in [0.1, 0.15) is 5.56 Å². The zero-order valence-corrected chi connectivity index (χ0v) is 15.7. The molecule has 1 fully saturated rings. The number of rotatable bonds is 3. The zero-order valence-electron chi connectivity index (χ0n) is 12.6. The largest absolute Gasteiger partial charge is 0.370 e. The van der Waals surface area contributed by atoms with Crippen LogP contribution in [0.25, 0.3) is 0 Å². The van der Waals surface area contributed by atoms with E-state index in [0.717, 1.165) is 36.9 Å². The first-order valence-corrected chi connectivity index (χ1v) is 8.04. The Bertz CT molecular complexity index is 641. The first-order chi connectivity index (χ1) is 10.7. The van der Waals surface area contributed by atoms with Crippen LogP contribution in [-0.4, -0.2) is 42.0 Å². The lowest BCUT2D eigenvalue weighted by Crippen LogP contribution is -2.51. The van der Waals surface area contributed by atoms with Gasteiger partial charge in [-0.3, -0.25) is 0 Å². The van der Waals surface area contributed by atoms with Gasteiger partial charge in [-0.25, -0.2) is 14.4 Å². The summed E-state index contributed by atoms with van der Waals surface area (Å²) in [6.07, 6.45) is 1.82. The molecule has 1 saturated heterocycles. The van der Waals surface area contributed by atoms with Crippen molar-refractivity contribution in [3.63, 3.8) is 0 Å². The molecule has 124 valence electrons. The molecule has 0 atom stereocenters. The first kappa shape index (κ1) is 17.9. The van der Waals surface area contributed by atoms with E-state index in [-0.39, 0.29) is 29.8 Å². The fraction of sp³-hybridized carbons (Fsp3) is 0.333. The molecule has 0 spiro atoms. The predicted octanol–water partition coefficient (Wildman–Crippen LogP) is 2.54. The minimum Gasteiger partial charge on any atom is -0.370 e. The van der Waals surface area contributed by atoms with Gasteiger partial charge in [-0.15, -0.1) is 35.3 Å². The molecule has 0 radical (unpaired) electrons. The lowest BCUT2D eigenvalue weighted by Gasteiger charge is -2.35. The Morgan fingerprint density at radius 3 is 2.74 bits per heavy atom. The normalized spacial score (nSPS) is 15.4. The topological polar surface area (TPSA) is 57.8 Å². The van der Waals surface area contributed by atoms with E-state index in [4.69, 9.17) is 5.73 Å². The van der Waals surface area contributed by atoms with Crippen LogP contribution in [0, 0.1) is 5.82 Å². The Balaban J connectivity index is 0.00000192. The van der Waals surface area contributed by atoms with E-state index in [1.807, 2.05) is 17.6 Å². The van der Waals surface area contributed by atoms with Gasteiger partial charge in [0.2, 0.25) is 0 Å². The lowest BCUT2D eigenvalue weighted by atomic mass is 10.2. The Morgan fingerprint density at radius 1 is 1.30 bits per heavy atom. The smallest absolute Gasteiger partial charge is 0.191 e. The van der Waals surface area contributed by atoms with E-state index in [9.17, 15) is 4.39 Å². The molecule has 0 unspecified atom stereocenters. The van der Waals surface area contributed by atoms with Crippen LogP contribution in [0.2, 0.25) is 0 Å². The maximum absolute atomic E-state index is 13.1. The fourth-order valence-corrected chi connectivity index (χ4v) is 3.10. The van der Waals surface area contributed by atoms with Crippen LogP contribution < -0.4 is 10.6 Å². The summed E-state index contributed by atoms with van der Waals surface area (Å²) < 4.78 is 13.1. The number of aliphatic imine (C=N–C) groups is 1. The number of guanidine groups is 1. The van der Waals surface area contributed by atoms with Crippen molar-refractivity contribution in [3.8, 4) is 0 Å². The molecule has 2 aromatic rings. The number of nitrogens with two attached hydrogens (primary N) is 1. The summed E-state index contributed by atoms with van der Waals surface area (Å²) in [5, 5.41) is 3.03. The Morgan fingerprint density at radius 2 is 2.09 bits per heavy atom. The van der Waals surface area contributed by atoms with Gasteiger partial charge in [0.1, 0.15) is 5.82 Å². The van der Waals surface area contributed by atoms with Gasteiger partial charge in [0.25, 0.3) is 0 Å². The number of nitrogens with zero attached hydrogens (tertiary/aromatic N) is 4. The summed E-state index contributed by atoms with van der Waals surface area (Å²) in [5.41, 5.74) is 6.87. The van der Waals surface area contributed by atoms with Crippen molar-refractivity contribution in [2.24, 2.45) is 10.7 Å². The molecule has 1 aromatic carbocycles. The van der Waals surface area contributed by atoms with Gasteiger partial charge in [-0.1, -0.05) is 12.1 Å². The molecule has 1 aromatic heterocycles. The van der Waals surface area contributed by atoms with Gasteiger partial charge in [-0.05, 0) is 17.7 Å². The minimum atomic E-state index is -0.247. The van der Waals surface area contributed by atoms with Crippen LogP contribution in [0.15, 0.2) is 40.8 Å². The fourth-order valence-electron chi connectivity index (χ4n) is 2.41. The van der Waals surface area contributed by atoms with Crippen LogP contribution in [0.5, 0.6) is 0 Å². The number of hydrogen-bond donors (Lipinski definition) is 1. The Labute approximate surface area is 156 Å². The number of piperazine rings is 1. The van der Waals surface area contributed by atoms with Crippen molar-refractivity contribution in [2.45, 2.75) is 6.54 Å². The second kappa shape index (κ2) is 8.44. The highest BCUT2D eigenvalue weighted by atomic mass is 127.